The highest BCUT2D eigenvalue weighted by Gasteiger charge is 2.05. The Balaban J connectivity index is 2.68. The molecule has 0 bridgehead atoms. The van der Waals surface area contributed by atoms with E-state index in [1.165, 1.54) is 0 Å². The highest BCUT2D eigenvalue weighted by atomic mass is 35.5. The molecule has 1 nitrogen and oxygen atoms in total. The number of para-hydroxylation sites is 1. The first-order chi connectivity index (χ1) is 8.26. The van der Waals surface area contributed by atoms with Crippen molar-refractivity contribution in [2.45, 2.75) is 0 Å². The number of halogens is 1. The van der Waals surface area contributed by atoms with Crippen molar-refractivity contribution >= 4 is 28.1 Å². The van der Waals surface area contributed by atoms with Crippen LogP contribution in [0.3, 0.4) is 0 Å². The topological polar surface area (TPSA) is 12.9 Å². The minimum atomic E-state index is 0.697. The van der Waals surface area contributed by atoms with Gasteiger partial charge in [0.1, 0.15) is 0 Å². The van der Waals surface area contributed by atoms with Crippen LogP contribution >= 0.6 is 11.6 Å². The van der Waals surface area contributed by atoms with Crippen LogP contribution in [0.2, 0.25) is 5.02 Å². The van der Waals surface area contributed by atoms with Crippen LogP contribution in [0.5, 0.6) is 0 Å². The normalized spacial score (nSPS) is 11.5. The SMILES string of the molecule is C=C/C=C(\C=C)c1cc(Cl)c2ccccc2n1. The third-order valence-corrected chi connectivity index (χ3v) is 2.79. The number of rotatable bonds is 3. The van der Waals surface area contributed by atoms with Crippen molar-refractivity contribution in [3.63, 3.8) is 0 Å². The first-order valence-corrected chi connectivity index (χ1v) is 5.65. The number of hydrogen-bond acceptors (Lipinski definition) is 1. The first kappa shape index (κ1) is 11.6. The van der Waals surface area contributed by atoms with Crippen LogP contribution in [0.15, 0.2) is 61.7 Å². The summed E-state index contributed by atoms with van der Waals surface area (Å²) in [6.45, 7) is 7.44. The van der Waals surface area contributed by atoms with E-state index in [-0.39, 0.29) is 0 Å². The monoisotopic (exact) mass is 241 g/mol. The van der Waals surface area contributed by atoms with Gasteiger partial charge in [-0.25, -0.2) is 4.98 Å². The summed E-state index contributed by atoms with van der Waals surface area (Å²) < 4.78 is 0. The molecule has 0 N–H and O–H groups in total. The molecule has 17 heavy (non-hydrogen) atoms. The summed E-state index contributed by atoms with van der Waals surface area (Å²) in [5, 5.41) is 1.65. The van der Waals surface area contributed by atoms with E-state index in [9.17, 15) is 0 Å². The molecule has 0 unspecified atom stereocenters. The van der Waals surface area contributed by atoms with Gasteiger partial charge in [-0.1, -0.05) is 61.2 Å². The molecular formula is C15H12ClN. The Morgan fingerprint density at radius 2 is 2.00 bits per heavy atom. The van der Waals surface area contributed by atoms with Crippen LogP contribution < -0.4 is 0 Å². The lowest BCUT2D eigenvalue weighted by Crippen LogP contribution is -1.89. The number of hydrogen-bond donors (Lipinski definition) is 0. The number of pyridine rings is 1. The zero-order valence-electron chi connectivity index (χ0n) is 9.36. The molecule has 0 atom stereocenters. The molecule has 0 amide bonds. The van der Waals surface area contributed by atoms with Crippen LogP contribution in [0, 0.1) is 0 Å². The van der Waals surface area contributed by atoms with Gasteiger partial charge < -0.3 is 0 Å². The average Bonchev–Trinajstić information content (AvgIpc) is 2.36. The van der Waals surface area contributed by atoms with Crippen molar-refractivity contribution in [2.75, 3.05) is 0 Å². The molecule has 1 heterocycles. The van der Waals surface area contributed by atoms with Gasteiger partial charge in [0.25, 0.3) is 0 Å². The van der Waals surface area contributed by atoms with E-state index in [0.717, 1.165) is 22.2 Å². The second-order valence-corrected chi connectivity index (χ2v) is 3.98. The highest BCUT2D eigenvalue weighted by Crippen LogP contribution is 2.26. The van der Waals surface area contributed by atoms with Gasteiger partial charge in [-0.05, 0) is 17.7 Å². The van der Waals surface area contributed by atoms with Gasteiger partial charge in [-0.15, -0.1) is 0 Å². The van der Waals surface area contributed by atoms with Crippen LogP contribution in [0.1, 0.15) is 5.69 Å². The Bertz CT molecular complexity index is 611. The maximum atomic E-state index is 6.24. The summed E-state index contributed by atoms with van der Waals surface area (Å²) in [6, 6.07) is 9.64. The first-order valence-electron chi connectivity index (χ1n) is 5.27. The van der Waals surface area contributed by atoms with Crippen molar-refractivity contribution in [3.05, 3.63) is 72.4 Å². The third-order valence-electron chi connectivity index (χ3n) is 2.48. The van der Waals surface area contributed by atoms with Crippen molar-refractivity contribution in [1.82, 2.24) is 4.98 Å². The molecule has 0 aliphatic heterocycles. The summed E-state index contributed by atoms with van der Waals surface area (Å²) in [7, 11) is 0. The Morgan fingerprint density at radius 1 is 1.24 bits per heavy atom. The molecule has 0 fully saturated rings. The summed E-state index contributed by atoms with van der Waals surface area (Å²) in [6.07, 6.45) is 5.32. The van der Waals surface area contributed by atoms with Crippen molar-refractivity contribution in [1.29, 1.82) is 0 Å². The van der Waals surface area contributed by atoms with E-state index in [2.05, 4.69) is 18.1 Å². The number of benzene rings is 1. The highest BCUT2D eigenvalue weighted by molar-refractivity contribution is 6.35. The van der Waals surface area contributed by atoms with E-state index in [1.807, 2.05) is 36.4 Å². The van der Waals surface area contributed by atoms with Crippen LogP contribution in [0.4, 0.5) is 0 Å². The van der Waals surface area contributed by atoms with Crippen LogP contribution in [-0.2, 0) is 0 Å². The summed E-state index contributed by atoms with van der Waals surface area (Å²) >= 11 is 6.24. The molecule has 2 heteroatoms. The third kappa shape index (κ3) is 2.29. The van der Waals surface area contributed by atoms with Crippen molar-refractivity contribution < 1.29 is 0 Å². The Labute approximate surface area is 106 Å². The molecule has 0 radical (unpaired) electrons. The molecule has 1 aromatic heterocycles. The molecule has 84 valence electrons. The average molecular weight is 242 g/mol. The molecular weight excluding hydrogens is 230 g/mol. The molecule has 0 saturated carbocycles. The van der Waals surface area contributed by atoms with Crippen LogP contribution in [0.25, 0.3) is 16.5 Å². The van der Waals surface area contributed by atoms with E-state index in [4.69, 9.17) is 11.6 Å². The van der Waals surface area contributed by atoms with E-state index >= 15 is 0 Å². The Morgan fingerprint density at radius 3 is 2.71 bits per heavy atom. The minimum Gasteiger partial charge on any atom is -0.248 e. The molecule has 1 aromatic carbocycles. The van der Waals surface area contributed by atoms with E-state index < -0.39 is 0 Å². The second kappa shape index (κ2) is 4.98. The standard InChI is InChI=1S/C15H12ClN/c1-3-7-11(4-2)15-10-13(16)12-8-5-6-9-14(12)17-15/h3-10H,1-2H2/b11-7+. The second-order valence-electron chi connectivity index (χ2n) is 3.57. The maximum absolute atomic E-state index is 6.24. The van der Waals surface area contributed by atoms with Crippen LogP contribution in [-0.4, -0.2) is 4.98 Å². The number of fused-ring (bicyclic) bond motifs is 1. The summed E-state index contributed by atoms with van der Waals surface area (Å²) in [5.74, 6) is 0. The Kier molecular flexibility index (Phi) is 3.40. The fourth-order valence-corrected chi connectivity index (χ4v) is 1.93. The van der Waals surface area contributed by atoms with Gasteiger partial charge in [-0.2, -0.15) is 0 Å². The van der Waals surface area contributed by atoms with Gasteiger partial charge in [-0.3, -0.25) is 0 Å². The number of aromatic nitrogens is 1. The summed E-state index contributed by atoms with van der Waals surface area (Å²) in [5.41, 5.74) is 2.60. The lowest BCUT2D eigenvalue weighted by Gasteiger charge is -2.05. The molecule has 2 aromatic rings. The van der Waals surface area contributed by atoms with E-state index in [1.54, 1.807) is 12.2 Å². The molecule has 2 rings (SSSR count). The predicted octanol–water partition coefficient (Wildman–Crippen LogP) is 4.64. The van der Waals surface area contributed by atoms with Crippen molar-refractivity contribution in [2.24, 2.45) is 0 Å². The fourth-order valence-electron chi connectivity index (χ4n) is 1.67. The summed E-state index contributed by atoms with van der Waals surface area (Å²) in [4.78, 5) is 4.55. The van der Waals surface area contributed by atoms with E-state index in [0.29, 0.717) is 5.02 Å². The van der Waals surface area contributed by atoms with Gasteiger partial charge >= 0.3 is 0 Å². The molecule has 0 saturated heterocycles. The van der Waals surface area contributed by atoms with Crippen molar-refractivity contribution in [3.8, 4) is 0 Å². The quantitative estimate of drug-likeness (QED) is 0.713. The minimum absolute atomic E-state index is 0.697. The largest absolute Gasteiger partial charge is 0.248 e. The maximum Gasteiger partial charge on any atom is 0.0724 e. The van der Waals surface area contributed by atoms with Gasteiger partial charge in [0.15, 0.2) is 0 Å². The lowest BCUT2D eigenvalue weighted by atomic mass is 10.1. The predicted molar refractivity (Wildman–Crippen MR) is 75.1 cm³/mol. The molecule has 0 aliphatic carbocycles. The van der Waals surface area contributed by atoms with Gasteiger partial charge in [0, 0.05) is 5.39 Å². The smallest absolute Gasteiger partial charge is 0.0724 e. The van der Waals surface area contributed by atoms with Gasteiger partial charge in [0.05, 0.1) is 16.2 Å². The zero-order chi connectivity index (χ0) is 12.3. The lowest BCUT2D eigenvalue weighted by molar-refractivity contribution is 1.35. The fraction of sp³-hybridized carbons (Fsp3) is 0. The molecule has 0 aliphatic rings. The Hall–Kier alpha value is -1.86. The number of nitrogens with zero attached hydrogens (tertiary/aromatic N) is 1. The van der Waals surface area contributed by atoms with Gasteiger partial charge in [0.2, 0.25) is 0 Å². The number of allylic oxidation sites excluding steroid dienone is 4. The molecule has 0 spiro atoms. The zero-order valence-corrected chi connectivity index (χ0v) is 10.1.